The lowest BCUT2D eigenvalue weighted by Gasteiger charge is -2.32. The maximum atomic E-state index is 10.6. The number of hydrogen-bond donors (Lipinski definition) is 2. The van der Waals surface area contributed by atoms with Crippen molar-refractivity contribution in [1.82, 2.24) is 0 Å². The number of rotatable bonds is 2. The molecule has 0 saturated heterocycles. The van der Waals surface area contributed by atoms with Crippen LogP contribution in [0.2, 0.25) is 0 Å². The van der Waals surface area contributed by atoms with Gasteiger partial charge < -0.3 is 10.2 Å². The zero-order valence-electron chi connectivity index (χ0n) is 10.9. The summed E-state index contributed by atoms with van der Waals surface area (Å²) in [6.07, 6.45) is 6.09. The molecule has 0 radical (unpaired) electrons. The molecule has 0 bridgehead atoms. The van der Waals surface area contributed by atoms with E-state index in [9.17, 15) is 10.2 Å². The van der Waals surface area contributed by atoms with Gasteiger partial charge in [0.05, 0.1) is 12.2 Å². The molecule has 1 fully saturated rings. The average Bonchev–Trinajstić information content (AvgIpc) is 2.58. The molecule has 2 aliphatic carbocycles. The van der Waals surface area contributed by atoms with E-state index in [-0.39, 0.29) is 6.61 Å². The van der Waals surface area contributed by atoms with Crippen molar-refractivity contribution in [2.75, 3.05) is 6.61 Å². The van der Waals surface area contributed by atoms with Crippen LogP contribution in [0.4, 0.5) is 0 Å². The molecule has 0 aromatic heterocycles. The highest BCUT2D eigenvalue weighted by Gasteiger charge is 2.44. The molecule has 0 aromatic carbocycles. The fourth-order valence-corrected chi connectivity index (χ4v) is 3.56. The van der Waals surface area contributed by atoms with Crippen LogP contribution in [0.1, 0.15) is 39.5 Å². The highest BCUT2D eigenvalue weighted by Crippen LogP contribution is 2.48. The first-order valence-electron chi connectivity index (χ1n) is 6.63. The van der Waals surface area contributed by atoms with Gasteiger partial charge in [-0.05, 0) is 62.9 Å². The lowest BCUT2D eigenvalue weighted by molar-refractivity contribution is -0.0153. The van der Waals surface area contributed by atoms with Crippen LogP contribution in [-0.2, 0) is 0 Å². The van der Waals surface area contributed by atoms with E-state index in [1.165, 1.54) is 5.57 Å². The molecule has 2 N–H and O–H groups in total. The smallest absolute Gasteiger partial charge is 0.0656 e. The minimum atomic E-state index is -0.566. The van der Waals surface area contributed by atoms with Crippen LogP contribution in [0, 0.1) is 17.8 Å². The van der Waals surface area contributed by atoms with Crippen molar-refractivity contribution in [3.05, 3.63) is 23.8 Å². The van der Waals surface area contributed by atoms with Crippen LogP contribution in [0.25, 0.3) is 0 Å². The highest BCUT2D eigenvalue weighted by molar-refractivity contribution is 5.19. The minimum absolute atomic E-state index is 0.0763. The third-order valence-electron chi connectivity index (χ3n) is 4.88. The van der Waals surface area contributed by atoms with Gasteiger partial charge in [0, 0.05) is 0 Å². The topological polar surface area (TPSA) is 40.5 Å². The third-order valence-corrected chi connectivity index (χ3v) is 4.88. The number of aliphatic hydroxyl groups excluding tert-OH is 1. The average molecular weight is 236 g/mol. The minimum Gasteiger partial charge on any atom is -0.392 e. The Balaban J connectivity index is 2.21. The second-order valence-electron chi connectivity index (χ2n) is 6.04. The van der Waals surface area contributed by atoms with Crippen molar-refractivity contribution >= 4 is 0 Å². The van der Waals surface area contributed by atoms with Gasteiger partial charge in [-0.1, -0.05) is 18.2 Å². The van der Waals surface area contributed by atoms with E-state index >= 15 is 0 Å². The molecule has 2 rings (SSSR count). The van der Waals surface area contributed by atoms with E-state index in [2.05, 4.69) is 19.6 Å². The summed E-state index contributed by atoms with van der Waals surface area (Å²) < 4.78 is 0. The van der Waals surface area contributed by atoms with Gasteiger partial charge in [-0.3, -0.25) is 0 Å². The van der Waals surface area contributed by atoms with E-state index in [1.54, 1.807) is 0 Å². The number of hydrogen-bond acceptors (Lipinski definition) is 2. The monoisotopic (exact) mass is 236 g/mol. The first kappa shape index (κ1) is 12.8. The molecule has 2 heteroatoms. The van der Waals surface area contributed by atoms with Crippen molar-refractivity contribution in [2.45, 2.75) is 45.1 Å². The van der Waals surface area contributed by atoms with Crippen LogP contribution in [0.15, 0.2) is 23.8 Å². The van der Waals surface area contributed by atoms with Gasteiger partial charge in [0.1, 0.15) is 0 Å². The first-order chi connectivity index (χ1) is 7.95. The summed E-state index contributed by atoms with van der Waals surface area (Å²) in [5.41, 5.74) is 1.78. The summed E-state index contributed by atoms with van der Waals surface area (Å²) in [4.78, 5) is 0. The summed E-state index contributed by atoms with van der Waals surface area (Å²) >= 11 is 0. The summed E-state index contributed by atoms with van der Waals surface area (Å²) in [7, 11) is 0. The molecule has 17 heavy (non-hydrogen) atoms. The maximum Gasteiger partial charge on any atom is 0.0656 e. The number of fused-ring (bicyclic) bond motifs is 1. The van der Waals surface area contributed by atoms with Crippen LogP contribution in [0.5, 0.6) is 0 Å². The van der Waals surface area contributed by atoms with Crippen molar-refractivity contribution in [2.24, 2.45) is 17.8 Å². The van der Waals surface area contributed by atoms with Crippen LogP contribution < -0.4 is 0 Å². The van der Waals surface area contributed by atoms with Gasteiger partial charge in [0.15, 0.2) is 0 Å². The fourth-order valence-electron chi connectivity index (χ4n) is 3.56. The molecule has 4 atom stereocenters. The summed E-state index contributed by atoms with van der Waals surface area (Å²) in [6.45, 7) is 8.20. The van der Waals surface area contributed by atoms with Crippen LogP contribution in [0.3, 0.4) is 0 Å². The molecule has 0 amide bonds. The summed E-state index contributed by atoms with van der Waals surface area (Å²) in [6, 6.07) is 0. The van der Waals surface area contributed by atoms with Gasteiger partial charge in [-0.25, -0.2) is 0 Å². The van der Waals surface area contributed by atoms with Crippen molar-refractivity contribution < 1.29 is 10.2 Å². The van der Waals surface area contributed by atoms with E-state index in [0.717, 1.165) is 31.3 Å². The number of aliphatic hydroxyl groups is 2. The van der Waals surface area contributed by atoms with E-state index in [4.69, 9.17) is 0 Å². The molecular weight excluding hydrogens is 212 g/mol. The molecule has 0 aromatic rings. The molecule has 0 spiro atoms. The second kappa shape index (κ2) is 4.58. The predicted molar refractivity (Wildman–Crippen MR) is 69.5 cm³/mol. The summed E-state index contributed by atoms with van der Waals surface area (Å²) in [5.74, 6) is 1.20. The van der Waals surface area contributed by atoms with Gasteiger partial charge in [-0.2, -0.15) is 0 Å². The van der Waals surface area contributed by atoms with Crippen LogP contribution in [-0.4, -0.2) is 22.4 Å². The normalized spacial score (nSPS) is 41.6. The van der Waals surface area contributed by atoms with E-state index in [1.807, 2.05) is 6.92 Å². The molecule has 0 aliphatic heterocycles. The first-order valence-corrected chi connectivity index (χ1v) is 6.63. The standard InChI is InChI=1S/C15H24O2/c1-10-4-5-14-13(10)8-12(11(2)9-16)6-7-15(14,3)17/h4,12-14,16-17H,2,5-9H2,1,3H3. The van der Waals surface area contributed by atoms with Crippen molar-refractivity contribution in [1.29, 1.82) is 0 Å². The lowest BCUT2D eigenvalue weighted by Crippen LogP contribution is -2.35. The molecular formula is C15H24O2. The molecule has 96 valence electrons. The second-order valence-corrected chi connectivity index (χ2v) is 6.04. The Morgan fingerprint density at radius 2 is 2.29 bits per heavy atom. The Bertz CT molecular complexity index is 341. The van der Waals surface area contributed by atoms with Gasteiger partial charge >= 0.3 is 0 Å². The SMILES string of the molecule is C=C(CO)C1CCC(C)(O)C2CC=C(C)C2C1. The van der Waals surface area contributed by atoms with E-state index < -0.39 is 5.60 Å². The molecule has 2 aliphatic rings. The number of allylic oxidation sites excluding steroid dienone is 2. The van der Waals surface area contributed by atoms with Gasteiger partial charge in [0.2, 0.25) is 0 Å². The Hall–Kier alpha value is -0.600. The van der Waals surface area contributed by atoms with Crippen molar-refractivity contribution in [3.63, 3.8) is 0 Å². The van der Waals surface area contributed by atoms with Crippen LogP contribution >= 0.6 is 0 Å². The quantitative estimate of drug-likeness (QED) is 0.724. The Morgan fingerprint density at radius 1 is 1.59 bits per heavy atom. The summed E-state index contributed by atoms with van der Waals surface area (Å²) in [5, 5.41) is 19.8. The largest absolute Gasteiger partial charge is 0.392 e. The highest BCUT2D eigenvalue weighted by atomic mass is 16.3. The van der Waals surface area contributed by atoms with Gasteiger partial charge in [0.25, 0.3) is 0 Å². The molecule has 1 saturated carbocycles. The lowest BCUT2D eigenvalue weighted by atomic mass is 9.77. The zero-order valence-corrected chi connectivity index (χ0v) is 10.9. The van der Waals surface area contributed by atoms with Crippen molar-refractivity contribution in [3.8, 4) is 0 Å². The van der Waals surface area contributed by atoms with Gasteiger partial charge in [-0.15, -0.1) is 0 Å². The maximum absolute atomic E-state index is 10.6. The Labute approximate surface area is 104 Å². The molecule has 2 nitrogen and oxygen atoms in total. The Morgan fingerprint density at radius 3 is 2.94 bits per heavy atom. The third kappa shape index (κ3) is 2.34. The Kier molecular flexibility index (Phi) is 3.46. The molecule has 0 heterocycles. The molecule has 4 unspecified atom stereocenters. The zero-order chi connectivity index (χ0) is 12.6. The predicted octanol–water partition coefficient (Wildman–Crippen LogP) is 2.67. The fraction of sp³-hybridized carbons (Fsp3) is 0.733. The van der Waals surface area contributed by atoms with E-state index in [0.29, 0.717) is 17.8 Å².